The molecule has 9 rings (SSSR count). The molecule has 0 aliphatic carbocycles. The first-order valence-corrected chi connectivity index (χ1v) is 13.4. The van der Waals surface area contributed by atoms with Gasteiger partial charge in [0, 0.05) is 21.8 Å². The van der Waals surface area contributed by atoms with Gasteiger partial charge in [-0.15, -0.1) is 0 Å². The lowest BCUT2D eigenvalue weighted by Crippen LogP contribution is -2.10. The van der Waals surface area contributed by atoms with E-state index in [0.717, 1.165) is 0 Å². The van der Waals surface area contributed by atoms with Crippen LogP contribution in [0.2, 0.25) is 0 Å². The number of fused-ring (bicyclic) bond motifs is 7. The first kappa shape index (κ1) is 12.0. The molecule has 0 saturated heterocycles. The Labute approximate surface area is 283 Å². The molecule has 0 spiro atoms. The Morgan fingerprint density at radius 1 is 0.477 bits per heavy atom. The van der Waals surface area contributed by atoms with Gasteiger partial charge < -0.3 is 9.32 Å². The zero-order valence-corrected chi connectivity index (χ0v) is 22.4. The smallest absolute Gasteiger partial charge is 0.143 e. The molecule has 0 saturated carbocycles. The molecule has 2 nitrogen and oxygen atoms in total. The minimum atomic E-state index is -0.966. The second kappa shape index (κ2) is 9.86. The lowest BCUT2D eigenvalue weighted by Gasteiger charge is -2.27. The molecule has 1 aromatic heterocycles. The number of furan rings is 1. The maximum atomic E-state index is 9.64. The molecule has 1 heterocycles. The lowest BCUT2D eigenvalue weighted by atomic mass is 9.97. The minimum absolute atomic E-state index is 0.184. The predicted octanol–water partition coefficient (Wildman–Crippen LogP) is 12.2. The molecule has 0 atom stereocenters. The molecular weight excluding hydrogens is 534 g/mol. The van der Waals surface area contributed by atoms with Crippen LogP contribution in [0.4, 0.5) is 17.1 Å². The molecule has 8 aromatic carbocycles. The maximum Gasteiger partial charge on any atom is 0.143 e. The fraction of sp³-hybridized carbons (Fsp3) is 0. The second-order valence-corrected chi connectivity index (χ2v) is 9.79. The highest BCUT2D eigenvalue weighted by molar-refractivity contribution is 6.20. The van der Waals surface area contributed by atoms with Crippen LogP contribution in [-0.4, -0.2) is 0 Å². The van der Waals surface area contributed by atoms with Crippen molar-refractivity contribution < 1.29 is 31.8 Å². The Morgan fingerprint density at radius 3 is 2.07 bits per heavy atom. The van der Waals surface area contributed by atoms with Crippen molar-refractivity contribution in [2.75, 3.05) is 4.90 Å². The summed E-state index contributed by atoms with van der Waals surface area (Å²) in [6.07, 6.45) is 0. The van der Waals surface area contributed by atoms with E-state index < -0.39 is 181 Å². The second-order valence-electron chi connectivity index (χ2n) is 9.79. The number of nitrogens with zero attached hydrogens (tertiary/aromatic N) is 1. The zero-order valence-electron chi connectivity index (χ0n) is 42.4. The SMILES string of the molecule is [2H]c1c([2H])c(N(c2c([2H])c([2H])c([2H])c3c([2H])c([2H])c([2H])c([2H])c23)c2c([2H])c([2H])c([2H])c3oc4c5c([2H])c([2H])c([2H])c([2H])c5c([2H])c([2H])c4c23)c([2H])c([2H])c1-c1cccc2ccccc12. The number of anilines is 3. The third kappa shape index (κ3) is 3.82. The van der Waals surface area contributed by atoms with Gasteiger partial charge in [0.15, 0.2) is 0 Å². The summed E-state index contributed by atoms with van der Waals surface area (Å²) < 4.78 is 186. The molecule has 44 heavy (non-hydrogen) atoms. The van der Waals surface area contributed by atoms with E-state index in [1.54, 1.807) is 42.5 Å². The van der Waals surface area contributed by atoms with Gasteiger partial charge in [-0.2, -0.15) is 0 Å². The van der Waals surface area contributed by atoms with Crippen molar-refractivity contribution in [3.63, 3.8) is 0 Å². The standard InChI is InChI=1S/C42H27NO/c1-4-15-33-28(10-1)13-7-18-34(33)31-22-25-32(26-23-31)43(38-19-8-14-29-11-2-5-16-35(29)38)39-20-9-21-40-41(39)37-27-24-30-12-3-6-17-36(30)42(37)44-40/h1-27H/i2D,3D,5D,6D,8D,9D,11D,12D,14D,16D,17D,19D,20D,21D,22D,23D,24D,25D,26D,27D. The van der Waals surface area contributed by atoms with Gasteiger partial charge in [0.2, 0.25) is 0 Å². The number of hydrogen-bond acceptors (Lipinski definition) is 2. The molecule has 0 amide bonds. The van der Waals surface area contributed by atoms with E-state index in [1.807, 2.05) is 0 Å². The molecule has 9 aromatic rings. The molecule has 0 aliphatic rings. The first-order chi connectivity index (χ1) is 30.2. The molecule has 0 unspecified atom stereocenters. The highest BCUT2D eigenvalue weighted by Crippen LogP contribution is 2.46. The van der Waals surface area contributed by atoms with Gasteiger partial charge >= 0.3 is 0 Å². The van der Waals surface area contributed by atoms with Crippen molar-refractivity contribution in [2.24, 2.45) is 0 Å². The summed E-state index contributed by atoms with van der Waals surface area (Å²) in [6.45, 7) is 0. The van der Waals surface area contributed by atoms with E-state index in [0.29, 0.717) is 15.7 Å². The topological polar surface area (TPSA) is 16.4 Å². The van der Waals surface area contributed by atoms with Crippen LogP contribution in [0, 0.1) is 0 Å². The van der Waals surface area contributed by atoms with Gasteiger partial charge in [-0.1, -0.05) is 127 Å². The third-order valence-corrected chi connectivity index (χ3v) is 7.36. The largest absolute Gasteiger partial charge is 0.455 e. The van der Waals surface area contributed by atoms with E-state index in [2.05, 4.69) is 0 Å². The molecular formula is C42H27NO. The third-order valence-electron chi connectivity index (χ3n) is 7.36. The molecule has 0 fully saturated rings. The maximum absolute atomic E-state index is 9.64. The Kier molecular flexibility index (Phi) is 2.70. The van der Waals surface area contributed by atoms with E-state index in [9.17, 15) is 9.60 Å². The van der Waals surface area contributed by atoms with E-state index in [-0.39, 0.29) is 11.1 Å². The lowest BCUT2D eigenvalue weighted by molar-refractivity contribution is 0.672. The van der Waals surface area contributed by atoms with Crippen LogP contribution in [0.3, 0.4) is 0 Å². The van der Waals surface area contributed by atoms with Gasteiger partial charge in [-0.05, 0) is 68.9 Å². The average Bonchev–Trinajstić information content (AvgIpc) is 3.67. The van der Waals surface area contributed by atoms with Crippen LogP contribution in [-0.2, 0) is 0 Å². The Bertz CT molecular complexity index is 3600. The highest BCUT2D eigenvalue weighted by atomic mass is 16.3. The summed E-state index contributed by atoms with van der Waals surface area (Å²) in [6, 6.07) is -4.20. The zero-order chi connectivity index (χ0) is 46.4. The van der Waals surface area contributed by atoms with Crippen molar-refractivity contribution in [2.45, 2.75) is 0 Å². The van der Waals surface area contributed by atoms with Gasteiger partial charge in [0.05, 0.1) is 44.2 Å². The first-order valence-electron chi connectivity index (χ1n) is 23.4. The van der Waals surface area contributed by atoms with Crippen LogP contribution in [0.1, 0.15) is 27.4 Å². The van der Waals surface area contributed by atoms with Gasteiger partial charge in [0.1, 0.15) is 11.2 Å². The Morgan fingerprint density at radius 2 is 1.18 bits per heavy atom. The van der Waals surface area contributed by atoms with Crippen molar-refractivity contribution >= 4 is 71.3 Å². The van der Waals surface area contributed by atoms with Crippen LogP contribution < -0.4 is 4.90 Å². The Hall–Kier alpha value is -5.86. The molecule has 0 aliphatic heterocycles. The van der Waals surface area contributed by atoms with Crippen molar-refractivity contribution in [3.05, 3.63) is 163 Å². The van der Waals surface area contributed by atoms with Gasteiger partial charge in [-0.25, -0.2) is 0 Å². The van der Waals surface area contributed by atoms with Crippen LogP contribution >= 0.6 is 0 Å². The van der Waals surface area contributed by atoms with Crippen LogP contribution in [0.15, 0.2) is 168 Å². The number of hydrogen-bond donors (Lipinski definition) is 0. The normalized spacial score (nSPS) is 18.0. The fourth-order valence-corrected chi connectivity index (χ4v) is 5.42. The summed E-state index contributed by atoms with van der Waals surface area (Å²) >= 11 is 0. The highest BCUT2D eigenvalue weighted by Gasteiger charge is 2.21. The fourth-order valence-electron chi connectivity index (χ4n) is 5.42. The van der Waals surface area contributed by atoms with E-state index in [4.69, 9.17) is 22.2 Å². The van der Waals surface area contributed by atoms with E-state index >= 15 is 0 Å². The van der Waals surface area contributed by atoms with Crippen molar-refractivity contribution in [3.8, 4) is 11.1 Å². The summed E-state index contributed by atoms with van der Waals surface area (Å²) in [4.78, 5) is 0.709. The average molecular weight is 582 g/mol. The summed E-state index contributed by atoms with van der Waals surface area (Å²) in [5.74, 6) is 0. The van der Waals surface area contributed by atoms with Gasteiger partial charge in [-0.3, -0.25) is 0 Å². The molecule has 2 heteroatoms. The molecule has 0 N–H and O–H groups in total. The Balaban J connectivity index is 1.58. The monoisotopic (exact) mass is 581 g/mol. The van der Waals surface area contributed by atoms with Crippen molar-refractivity contribution in [1.29, 1.82) is 0 Å². The quantitative estimate of drug-likeness (QED) is 0.205. The van der Waals surface area contributed by atoms with Crippen LogP contribution in [0.25, 0.3) is 65.4 Å². The predicted molar refractivity (Wildman–Crippen MR) is 186 cm³/mol. The summed E-state index contributed by atoms with van der Waals surface area (Å²) in [7, 11) is 0. The minimum Gasteiger partial charge on any atom is -0.455 e. The number of rotatable bonds is 4. The van der Waals surface area contributed by atoms with Gasteiger partial charge in [0.25, 0.3) is 0 Å². The van der Waals surface area contributed by atoms with Crippen LogP contribution in [0.5, 0.6) is 0 Å². The van der Waals surface area contributed by atoms with Crippen molar-refractivity contribution in [1.82, 2.24) is 0 Å². The number of benzene rings is 8. The molecule has 0 radical (unpaired) electrons. The summed E-state index contributed by atoms with van der Waals surface area (Å²) in [5.41, 5.74) is -3.31. The summed E-state index contributed by atoms with van der Waals surface area (Å²) in [5, 5.41) is -1.82. The van der Waals surface area contributed by atoms with E-state index in [1.165, 1.54) is 0 Å². The molecule has 206 valence electrons. The molecule has 0 bridgehead atoms.